The molecule has 1 aromatic carbocycles. The van der Waals surface area contributed by atoms with Gasteiger partial charge in [-0.15, -0.1) is 0 Å². The fourth-order valence-electron chi connectivity index (χ4n) is 4.09. The summed E-state index contributed by atoms with van der Waals surface area (Å²) in [6.07, 6.45) is 5.15. The highest BCUT2D eigenvalue weighted by molar-refractivity contribution is 5.87. The molecule has 152 valence electrons. The van der Waals surface area contributed by atoms with Crippen LogP contribution in [0.25, 0.3) is 27.7 Å². The van der Waals surface area contributed by atoms with E-state index < -0.39 is 0 Å². The van der Waals surface area contributed by atoms with Crippen LogP contribution < -0.4 is 11.1 Å². The molecular weight excluding hydrogens is 380 g/mol. The Morgan fingerprint density at radius 1 is 1.23 bits per heavy atom. The zero-order valence-corrected chi connectivity index (χ0v) is 16.6. The minimum Gasteiger partial charge on any atom is -0.468 e. The summed E-state index contributed by atoms with van der Waals surface area (Å²) in [4.78, 5) is 21.2. The molecule has 3 aromatic heterocycles. The maximum Gasteiger partial charge on any atom is 0.322 e. The van der Waals surface area contributed by atoms with Crippen molar-refractivity contribution in [1.82, 2.24) is 24.9 Å². The summed E-state index contributed by atoms with van der Waals surface area (Å²) in [5, 5.41) is 8.75. The van der Waals surface area contributed by atoms with Crippen LogP contribution >= 0.6 is 0 Å². The van der Waals surface area contributed by atoms with Crippen molar-refractivity contribution in [3.63, 3.8) is 0 Å². The molecule has 0 spiro atoms. The van der Waals surface area contributed by atoms with Crippen molar-refractivity contribution >= 4 is 28.3 Å². The van der Waals surface area contributed by atoms with Crippen molar-refractivity contribution in [2.24, 2.45) is 0 Å². The van der Waals surface area contributed by atoms with E-state index in [9.17, 15) is 4.79 Å². The van der Waals surface area contributed by atoms with E-state index in [1.807, 2.05) is 36.5 Å². The average Bonchev–Trinajstić information content (AvgIpc) is 3.23. The summed E-state index contributed by atoms with van der Waals surface area (Å²) in [5.41, 5.74) is 10.7. The van der Waals surface area contributed by atoms with Gasteiger partial charge >= 0.3 is 5.97 Å². The van der Waals surface area contributed by atoms with Crippen molar-refractivity contribution in [2.75, 3.05) is 19.4 Å². The largest absolute Gasteiger partial charge is 0.468 e. The summed E-state index contributed by atoms with van der Waals surface area (Å²) in [6, 6.07) is 11.7. The Kier molecular flexibility index (Phi) is 4.55. The minimum absolute atomic E-state index is 0.163. The zero-order chi connectivity index (χ0) is 20.7. The van der Waals surface area contributed by atoms with Crippen molar-refractivity contribution in [3.8, 4) is 11.1 Å². The second-order valence-corrected chi connectivity index (χ2v) is 7.57. The molecule has 8 nitrogen and oxygen atoms in total. The van der Waals surface area contributed by atoms with Crippen molar-refractivity contribution in [1.29, 1.82) is 0 Å². The molecule has 8 heteroatoms. The van der Waals surface area contributed by atoms with Gasteiger partial charge < -0.3 is 15.8 Å². The number of para-hydroxylation sites is 1. The second-order valence-electron chi connectivity index (χ2n) is 7.57. The number of pyridine rings is 1. The van der Waals surface area contributed by atoms with Gasteiger partial charge in [0.1, 0.15) is 11.9 Å². The summed E-state index contributed by atoms with van der Waals surface area (Å²) in [6.45, 7) is 0.642. The first-order valence-electron chi connectivity index (χ1n) is 9.94. The average molecular weight is 402 g/mol. The van der Waals surface area contributed by atoms with Crippen LogP contribution in [-0.4, -0.2) is 45.2 Å². The van der Waals surface area contributed by atoms with Crippen LogP contribution in [0.2, 0.25) is 0 Å². The van der Waals surface area contributed by atoms with Crippen LogP contribution in [0.5, 0.6) is 0 Å². The predicted octanol–water partition coefficient (Wildman–Crippen LogP) is 2.54. The molecule has 0 aliphatic carbocycles. The lowest BCUT2D eigenvalue weighted by Crippen LogP contribution is -2.44. The minimum atomic E-state index is -0.262. The molecule has 3 N–H and O–H groups in total. The summed E-state index contributed by atoms with van der Waals surface area (Å²) in [7, 11) is 1.41. The Labute approximate surface area is 173 Å². The van der Waals surface area contributed by atoms with E-state index in [2.05, 4.69) is 21.5 Å². The van der Waals surface area contributed by atoms with Crippen LogP contribution in [-0.2, 0) is 9.53 Å². The van der Waals surface area contributed by atoms with Gasteiger partial charge in [0.2, 0.25) is 0 Å². The third-order valence-corrected chi connectivity index (χ3v) is 5.74. The summed E-state index contributed by atoms with van der Waals surface area (Å²) < 4.78 is 6.49. The quantitative estimate of drug-likeness (QED) is 0.507. The molecule has 2 atom stereocenters. The number of nitrogen functional groups attached to an aromatic ring is 1. The number of esters is 1. The number of ether oxygens (including phenoxy) is 1. The number of nitrogens with one attached hydrogen (secondary N) is 1. The number of carbonyl (C=O) groups is 1. The molecule has 4 aromatic rings. The normalized spacial score (nSPS) is 19.2. The first-order chi connectivity index (χ1) is 14.6. The number of carbonyl (C=O) groups excluding carboxylic acids is 1. The van der Waals surface area contributed by atoms with Crippen LogP contribution in [0, 0.1) is 0 Å². The van der Waals surface area contributed by atoms with Gasteiger partial charge in [-0.05, 0) is 25.0 Å². The van der Waals surface area contributed by atoms with Crippen LogP contribution in [0.4, 0.5) is 5.82 Å². The number of fused-ring (bicyclic) bond motifs is 2. The molecule has 4 heterocycles. The molecule has 0 saturated carbocycles. The van der Waals surface area contributed by atoms with Gasteiger partial charge in [0, 0.05) is 41.2 Å². The number of hydrogen-bond acceptors (Lipinski definition) is 7. The van der Waals surface area contributed by atoms with Gasteiger partial charge in [0.25, 0.3) is 0 Å². The molecule has 0 radical (unpaired) electrons. The molecule has 1 aliphatic heterocycles. The number of nitrogens with two attached hydrogens (primary N) is 1. The maximum absolute atomic E-state index is 11.8. The number of nitrogens with zero attached hydrogens (tertiary/aromatic N) is 4. The Balaban J connectivity index is 1.51. The lowest BCUT2D eigenvalue weighted by molar-refractivity contribution is -0.143. The molecule has 2 unspecified atom stereocenters. The Morgan fingerprint density at radius 2 is 2.10 bits per heavy atom. The highest BCUT2D eigenvalue weighted by Gasteiger charge is 2.28. The zero-order valence-electron chi connectivity index (χ0n) is 16.6. The topological polar surface area (TPSA) is 107 Å². The molecule has 1 saturated heterocycles. The Hall–Kier alpha value is -3.52. The van der Waals surface area contributed by atoms with E-state index >= 15 is 0 Å². The molecule has 1 fully saturated rings. The van der Waals surface area contributed by atoms with E-state index in [1.165, 1.54) is 7.11 Å². The van der Waals surface area contributed by atoms with Gasteiger partial charge in [-0.3, -0.25) is 9.78 Å². The predicted molar refractivity (Wildman–Crippen MR) is 114 cm³/mol. The molecule has 30 heavy (non-hydrogen) atoms. The number of benzene rings is 1. The number of hydrogen-bond donors (Lipinski definition) is 2. The van der Waals surface area contributed by atoms with Gasteiger partial charge in [0.05, 0.1) is 24.5 Å². The molecule has 5 rings (SSSR count). The van der Waals surface area contributed by atoms with Gasteiger partial charge in [-0.2, -0.15) is 9.61 Å². The van der Waals surface area contributed by atoms with Crippen molar-refractivity contribution < 1.29 is 9.53 Å². The summed E-state index contributed by atoms with van der Waals surface area (Å²) >= 11 is 0. The van der Waals surface area contributed by atoms with E-state index in [4.69, 9.17) is 15.5 Å². The maximum atomic E-state index is 11.8. The monoisotopic (exact) mass is 402 g/mol. The highest BCUT2D eigenvalue weighted by atomic mass is 16.5. The molecule has 0 amide bonds. The van der Waals surface area contributed by atoms with Gasteiger partial charge in [-0.25, -0.2) is 4.98 Å². The molecular formula is C22H22N6O2. The number of rotatable bonds is 3. The number of piperidine rings is 1. The standard InChI is InChI=1S/C22H22N6O2/c1-30-22(29)18-7-6-14(10-25-18)19-9-20(23)28-21(27-19)16(12-26-28)15-8-13-4-2-3-5-17(13)24-11-15/h2-5,8-9,11-12,14,18,25H,6-7,10,23H2,1H3. The number of methoxy groups -OCH3 is 1. The number of anilines is 1. The second kappa shape index (κ2) is 7.38. The SMILES string of the molecule is COC(=O)C1CCC(c2cc(N)n3ncc(-c4cnc5ccccc5c4)c3n2)CN1. The van der Waals surface area contributed by atoms with E-state index in [0.29, 0.717) is 24.4 Å². The van der Waals surface area contributed by atoms with E-state index in [0.717, 1.165) is 34.1 Å². The van der Waals surface area contributed by atoms with Crippen LogP contribution in [0.1, 0.15) is 24.5 Å². The van der Waals surface area contributed by atoms with E-state index in [1.54, 1.807) is 10.7 Å². The molecule has 1 aliphatic rings. The van der Waals surface area contributed by atoms with Crippen LogP contribution in [0.3, 0.4) is 0 Å². The summed E-state index contributed by atoms with van der Waals surface area (Å²) in [5.74, 6) is 0.471. The highest BCUT2D eigenvalue weighted by Crippen LogP contribution is 2.30. The first-order valence-corrected chi connectivity index (χ1v) is 9.94. The van der Waals surface area contributed by atoms with Gasteiger partial charge in [-0.1, -0.05) is 18.2 Å². The van der Waals surface area contributed by atoms with Crippen molar-refractivity contribution in [2.45, 2.75) is 24.8 Å². The molecule has 0 bridgehead atoms. The van der Waals surface area contributed by atoms with Crippen LogP contribution in [0.15, 0.2) is 48.8 Å². The first kappa shape index (κ1) is 18.5. The fourth-order valence-corrected chi connectivity index (χ4v) is 4.09. The fraction of sp³-hybridized carbons (Fsp3) is 0.273. The van der Waals surface area contributed by atoms with E-state index in [-0.39, 0.29) is 17.9 Å². The Morgan fingerprint density at radius 3 is 2.90 bits per heavy atom. The van der Waals surface area contributed by atoms with Gasteiger partial charge in [0.15, 0.2) is 5.65 Å². The Bertz CT molecular complexity index is 1240. The lowest BCUT2D eigenvalue weighted by atomic mass is 9.92. The van der Waals surface area contributed by atoms with Crippen molar-refractivity contribution in [3.05, 3.63) is 54.5 Å². The number of aromatic nitrogens is 4. The third-order valence-electron chi connectivity index (χ3n) is 5.74. The lowest BCUT2D eigenvalue weighted by Gasteiger charge is -2.28. The third kappa shape index (κ3) is 3.15. The smallest absolute Gasteiger partial charge is 0.322 e.